The van der Waals surface area contributed by atoms with E-state index in [4.69, 9.17) is 4.74 Å². The SMILES string of the molecule is CCCCNC(=O)C1CCCN(C(=O)CC(NC(C)=O)c2ccc(OC)cc2)C1. The number of benzene rings is 1. The van der Waals surface area contributed by atoms with E-state index < -0.39 is 6.04 Å². The van der Waals surface area contributed by atoms with Crippen LogP contribution in [0.1, 0.15) is 57.6 Å². The van der Waals surface area contributed by atoms with Gasteiger partial charge in [-0.25, -0.2) is 0 Å². The number of unbranched alkanes of at least 4 members (excludes halogenated alkanes) is 1. The third kappa shape index (κ3) is 7.07. The maximum Gasteiger partial charge on any atom is 0.225 e. The Bertz CT molecular complexity index is 690. The van der Waals surface area contributed by atoms with Crippen LogP contribution in [0.25, 0.3) is 0 Å². The van der Waals surface area contributed by atoms with Crippen molar-refractivity contribution in [3.8, 4) is 5.75 Å². The van der Waals surface area contributed by atoms with Gasteiger partial charge in [0.1, 0.15) is 5.75 Å². The van der Waals surface area contributed by atoms with Crippen molar-refractivity contribution < 1.29 is 19.1 Å². The monoisotopic (exact) mass is 403 g/mol. The molecule has 1 aliphatic rings. The van der Waals surface area contributed by atoms with Gasteiger partial charge in [0, 0.05) is 26.6 Å². The largest absolute Gasteiger partial charge is 0.497 e. The number of hydrogen-bond donors (Lipinski definition) is 2. The van der Waals surface area contributed by atoms with E-state index in [0.29, 0.717) is 19.6 Å². The third-order valence-corrected chi connectivity index (χ3v) is 5.25. The molecule has 160 valence electrons. The molecule has 1 aromatic rings. The molecular weight excluding hydrogens is 370 g/mol. The summed E-state index contributed by atoms with van der Waals surface area (Å²) >= 11 is 0. The summed E-state index contributed by atoms with van der Waals surface area (Å²) in [6.07, 6.45) is 3.77. The second-order valence-corrected chi connectivity index (χ2v) is 7.55. The Labute approximate surface area is 173 Å². The first-order valence-corrected chi connectivity index (χ1v) is 10.4. The van der Waals surface area contributed by atoms with Gasteiger partial charge in [-0.15, -0.1) is 0 Å². The van der Waals surface area contributed by atoms with E-state index in [1.54, 1.807) is 12.0 Å². The van der Waals surface area contributed by atoms with Gasteiger partial charge < -0.3 is 20.3 Å². The van der Waals surface area contributed by atoms with E-state index >= 15 is 0 Å². The molecule has 7 nitrogen and oxygen atoms in total. The number of hydrogen-bond acceptors (Lipinski definition) is 4. The van der Waals surface area contributed by atoms with Crippen LogP contribution in [0, 0.1) is 5.92 Å². The summed E-state index contributed by atoms with van der Waals surface area (Å²) in [5.41, 5.74) is 0.847. The lowest BCUT2D eigenvalue weighted by atomic mass is 9.95. The van der Waals surface area contributed by atoms with Gasteiger partial charge in [-0.3, -0.25) is 14.4 Å². The molecule has 0 saturated carbocycles. The van der Waals surface area contributed by atoms with Gasteiger partial charge in [0.15, 0.2) is 0 Å². The highest BCUT2D eigenvalue weighted by molar-refractivity contribution is 5.82. The van der Waals surface area contributed by atoms with Crippen LogP contribution in [0.5, 0.6) is 5.75 Å². The van der Waals surface area contributed by atoms with Crippen LogP contribution < -0.4 is 15.4 Å². The molecule has 1 fully saturated rings. The Kier molecular flexibility index (Phi) is 8.96. The smallest absolute Gasteiger partial charge is 0.225 e. The zero-order chi connectivity index (χ0) is 21.2. The molecule has 1 saturated heterocycles. The lowest BCUT2D eigenvalue weighted by Gasteiger charge is -2.33. The molecule has 3 amide bonds. The van der Waals surface area contributed by atoms with Crippen LogP contribution in [0.15, 0.2) is 24.3 Å². The minimum absolute atomic E-state index is 0.0320. The number of carbonyl (C=O) groups excluding carboxylic acids is 3. The Balaban J connectivity index is 2.00. The second kappa shape index (κ2) is 11.4. The van der Waals surface area contributed by atoms with Gasteiger partial charge >= 0.3 is 0 Å². The van der Waals surface area contributed by atoms with Crippen molar-refractivity contribution in [3.63, 3.8) is 0 Å². The van der Waals surface area contributed by atoms with Crippen LogP contribution in [0.4, 0.5) is 0 Å². The van der Waals surface area contributed by atoms with E-state index in [2.05, 4.69) is 17.6 Å². The summed E-state index contributed by atoms with van der Waals surface area (Å²) in [6.45, 7) is 5.29. The molecule has 1 aromatic carbocycles. The van der Waals surface area contributed by atoms with Crippen LogP contribution in [0.2, 0.25) is 0 Å². The van der Waals surface area contributed by atoms with Crippen LogP contribution >= 0.6 is 0 Å². The Hall–Kier alpha value is -2.57. The fourth-order valence-corrected chi connectivity index (χ4v) is 3.59. The van der Waals surface area contributed by atoms with Crippen molar-refractivity contribution in [1.29, 1.82) is 0 Å². The molecular formula is C22H33N3O4. The summed E-state index contributed by atoms with van der Waals surface area (Å²) in [7, 11) is 1.59. The molecule has 1 aliphatic heterocycles. The molecule has 2 atom stereocenters. The normalized spacial score (nSPS) is 17.3. The molecule has 29 heavy (non-hydrogen) atoms. The number of ether oxygens (including phenoxy) is 1. The number of piperidine rings is 1. The summed E-state index contributed by atoms with van der Waals surface area (Å²) < 4.78 is 5.18. The van der Waals surface area contributed by atoms with Crippen molar-refractivity contribution in [3.05, 3.63) is 29.8 Å². The molecule has 0 spiro atoms. The molecule has 2 rings (SSSR count). The van der Waals surface area contributed by atoms with E-state index in [0.717, 1.165) is 37.0 Å². The first kappa shape index (κ1) is 22.7. The lowest BCUT2D eigenvalue weighted by Crippen LogP contribution is -2.46. The number of amides is 3. The molecule has 7 heteroatoms. The molecule has 2 unspecified atom stereocenters. The van der Waals surface area contributed by atoms with Crippen molar-refractivity contribution in [1.82, 2.24) is 15.5 Å². The summed E-state index contributed by atoms with van der Waals surface area (Å²) in [5.74, 6) is 0.347. The maximum atomic E-state index is 12.9. The number of methoxy groups -OCH3 is 1. The zero-order valence-electron chi connectivity index (χ0n) is 17.7. The number of likely N-dealkylation sites (tertiary alicyclic amines) is 1. The summed E-state index contributed by atoms with van der Waals surface area (Å²) in [6, 6.07) is 6.92. The van der Waals surface area contributed by atoms with Gasteiger partial charge in [-0.05, 0) is 37.0 Å². The zero-order valence-corrected chi connectivity index (χ0v) is 17.7. The lowest BCUT2D eigenvalue weighted by molar-refractivity contribution is -0.136. The average molecular weight is 404 g/mol. The predicted octanol–water partition coefficient (Wildman–Crippen LogP) is 2.42. The molecule has 0 radical (unpaired) electrons. The minimum Gasteiger partial charge on any atom is -0.497 e. The van der Waals surface area contributed by atoms with E-state index in [-0.39, 0.29) is 30.1 Å². The molecule has 0 bridgehead atoms. The fourth-order valence-electron chi connectivity index (χ4n) is 3.59. The van der Waals surface area contributed by atoms with Gasteiger partial charge in [0.05, 0.1) is 25.5 Å². The van der Waals surface area contributed by atoms with E-state index in [1.807, 2.05) is 24.3 Å². The highest BCUT2D eigenvalue weighted by Crippen LogP contribution is 2.23. The van der Waals surface area contributed by atoms with Crippen molar-refractivity contribution in [2.75, 3.05) is 26.7 Å². The first-order valence-electron chi connectivity index (χ1n) is 10.4. The van der Waals surface area contributed by atoms with Gasteiger partial charge in [0.25, 0.3) is 0 Å². The Morgan fingerprint density at radius 3 is 2.59 bits per heavy atom. The van der Waals surface area contributed by atoms with Gasteiger partial charge in [0.2, 0.25) is 17.7 Å². The fraction of sp³-hybridized carbons (Fsp3) is 0.591. The van der Waals surface area contributed by atoms with Crippen LogP contribution in [0.3, 0.4) is 0 Å². The summed E-state index contributed by atoms with van der Waals surface area (Å²) in [5, 5.41) is 5.84. The van der Waals surface area contributed by atoms with Crippen molar-refractivity contribution >= 4 is 17.7 Å². The van der Waals surface area contributed by atoms with E-state index in [1.165, 1.54) is 6.92 Å². The first-order chi connectivity index (χ1) is 13.9. The minimum atomic E-state index is -0.412. The van der Waals surface area contributed by atoms with Crippen LogP contribution in [-0.2, 0) is 14.4 Å². The molecule has 1 heterocycles. The highest BCUT2D eigenvalue weighted by Gasteiger charge is 2.29. The average Bonchev–Trinajstić information content (AvgIpc) is 2.73. The second-order valence-electron chi connectivity index (χ2n) is 7.55. The number of carbonyl (C=O) groups is 3. The number of nitrogens with one attached hydrogen (secondary N) is 2. The van der Waals surface area contributed by atoms with Crippen molar-refractivity contribution in [2.45, 2.75) is 52.0 Å². The molecule has 2 N–H and O–H groups in total. The maximum absolute atomic E-state index is 12.9. The van der Waals surface area contributed by atoms with Crippen molar-refractivity contribution in [2.24, 2.45) is 5.92 Å². The Morgan fingerprint density at radius 1 is 1.24 bits per heavy atom. The topological polar surface area (TPSA) is 87.7 Å². The summed E-state index contributed by atoms with van der Waals surface area (Å²) in [4.78, 5) is 38.7. The van der Waals surface area contributed by atoms with Crippen LogP contribution in [-0.4, -0.2) is 49.4 Å². The molecule has 0 aliphatic carbocycles. The quantitative estimate of drug-likeness (QED) is 0.620. The number of rotatable bonds is 9. The standard InChI is InChI=1S/C22H33N3O4/c1-4-5-12-23-22(28)18-7-6-13-25(15-18)21(27)14-20(24-16(2)26)17-8-10-19(29-3)11-9-17/h8-11,18,20H,4-7,12-15H2,1-3H3,(H,23,28)(H,24,26). The molecule has 0 aromatic heterocycles. The Morgan fingerprint density at radius 2 is 1.97 bits per heavy atom. The van der Waals surface area contributed by atoms with Gasteiger partial charge in [-0.1, -0.05) is 25.5 Å². The highest BCUT2D eigenvalue weighted by atomic mass is 16.5. The van der Waals surface area contributed by atoms with E-state index in [9.17, 15) is 14.4 Å². The predicted molar refractivity (Wildman–Crippen MR) is 111 cm³/mol. The number of nitrogens with zero attached hydrogens (tertiary/aromatic N) is 1. The van der Waals surface area contributed by atoms with Gasteiger partial charge in [-0.2, -0.15) is 0 Å². The third-order valence-electron chi connectivity index (χ3n) is 5.25.